The molecule has 2 unspecified atom stereocenters. The number of nitrogens with two attached hydrogens (primary N) is 1. The van der Waals surface area contributed by atoms with Crippen molar-refractivity contribution in [3.63, 3.8) is 0 Å². The van der Waals surface area contributed by atoms with Gasteiger partial charge in [-0.15, -0.1) is 0 Å². The van der Waals surface area contributed by atoms with E-state index < -0.39 is 23.2 Å². The molecule has 0 spiro atoms. The predicted molar refractivity (Wildman–Crippen MR) is 68.6 cm³/mol. The summed E-state index contributed by atoms with van der Waals surface area (Å²) in [7, 11) is 0. The molecule has 2 atom stereocenters. The Morgan fingerprint density at radius 1 is 1.40 bits per heavy atom. The van der Waals surface area contributed by atoms with E-state index in [2.05, 4.69) is 0 Å². The molecular weight excluding hydrogens is 269 g/mol. The Kier molecular flexibility index (Phi) is 4.04. The summed E-state index contributed by atoms with van der Waals surface area (Å²) in [5, 5.41) is 0. The van der Waals surface area contributed by atoms with E-state index in [0.717, 1.165) is 24.3 Å². The molecule has 0 radical (unpaired) electrons. The first kappa shape index (κ1) is 14.8. The van der Waals surface area contributed by atoms with Crippen LogP contribution in [0.1, 0.15) is 18.9 Å². The molecule has 0 aliphatic carbocycles. The standard InChI is InChI=1S/C14H17F3N2O/c1-9-6-10(7-18)8-19(9)13(20)14(16,17)11-2-4-12(15)5-3-11/h2-5,9-10H,6-8,18H2,1H3. The van der Waals surface area contributed by atoms with Crippen LogP contribution in [0.3, 0.4) is 0 Å². The van der Waals surface area contributed by atoms with Crippen molar-refractivity contribution in [2.45, 2.75) is 25.3 Å². The van der Waals surface area contributed by atoms with Gasteiger partial charge >= 0.3 is 5.92 Å². The molecule has 1 fully saturated rings. The summed E-state index contributed by atoms with van der Waals surface area (Å²) in [4.78, 5) is 13.2. The molecule has 1 heterocycles. The molecule has 1 aliphatic rings. The minimum absolute atomic E-state index is 0.0537. The summed E-state index contributed by atoms with van der Waals surface area (Å²) in [5.41, 5.74) is 5.03. The molecule has 110 valence electrons. The molecule has 0 saturated carbocycles. The summed E-state index contributed by atoms with van der Waals surface area (Å²) < 4.78 is 41.2. The van der Waals surface area contributed by atoms with E-state index >= 15 is 0 Å². The maximum Gasteiger partial charge on any atom is 0.349 e. The van der Waals surface area contributed by atoms with Crippen LogP contribution >= 0.6 is 0 Å². The van der Waals surface area contributed by atoms with Crippen molar-refractivity contribution in [3.8, 4) is 0 Å². The van der Waals surface area contributed by atoms with E-state index in [1.807, 2.05) is 0 Å². The van der Waals surface area contributed by atoms with Crippen LogP contribution in [0.4, 0.5) is 13.2 Å². The van der Waals surface area contributed by atoms with Crippen molar-refractivity contribution in [2.24, 2.45) is 11.7 Å². The second-order valence-corrected chi connectivity index (χ2v) is 5.23. The normalized spacial score (nSPS) is 23.1. The average Bonchev–Trinajstić information content (AvgIpc) is 2.79. The first-order chi connectivity index (χ1) is 9.36. The largest absolute Gasteiger partial charge is 0.349 e. The Balaban J connectivity index is 2.21. The van der Waals surface area contributed by atoms with Gasteiger partial charge in [0, 0.05) is 18.2 Å². The smallest absolute Gasteiger partial charge is 0.334 e. The van der Waals surface area contributed by atoms with Gasteiger partial charge in [0.25, 0.3) is 5.91 Å². The van der Waals surface area contributed by atoms with Gasteiger partial charge in [-0.25, -0.2) is 4.39 Å². The van der Waals surface area contributed by atoms with E-state index in [0.29, 0.717) is 13.0 Å². The van der Waals surface area contributed by atoms with Crippen molar-refractivity contribution in [1.29, 1.82) is 0 Å². The topological polar surface area (TPSA) is 46.3 Å². The molecule has 3 nitrogen and oxygen atoms in total. The van der Waals surface area contributed by atoms with Crippen molar-refractivity contribution >= 4 is 5.91 Å². The van der Waals surface area contributed by atoms with Gasteiger partial charge in [0.1, 0.15) is 5.82 Å². The summed E-state index contributed by atoms with van der Waals surface area (Å²) in [6, 6.07) is 3.46. The SMILES string of the molecule is CC1CC(CN)CN1C(=O)C(F)(F)c1ccc(F)cc1. The highest BCUT2D eigenvalue weighted by molar-refractivity contribution is 5.85. The molecule has 0 aromatic heterocycles. The minimum Gasteiger partial charge on any atom is -0.334 e. The first-order valence-corrected chi connectivity index (χ1v) is 6.51. The molecule has 1 aromatic carbocycles. The Labute approximate surface area is 115 Å². The Hall–Kier alpha value is -1.56. The van der Waals surface area contributed by atoms with Gasteiger partial charge < -0.3 is 10.6 Å². The number of hydrogen-bond donors (Lipinski definition) is 1. The lowest BCUT2D eigenvalue weighted by Gasteiger charge is -2.26. The van der Waals surface area contributed by atoms with Crippen LogP contribution in [-0.2, 0) is 10.7 Å². The van der Waals surface area contributed by atoms with E-state index in [9.17, 15) is 18.0 Å². The number of alkyl halides is 2. The zero-order chi connectivity index (χ0) is 14.9. The number of carbonyl (C=O) groups is 1. The number of hydrogen-bond acceptors (Lipinski definition) is 2. The molecule has 1 amide bonds. The Morgan fingerprint density at radius 2 is 2.00 bits per heavy atom. The highest BCUT2D eigenvalue weighted by Crippen LogP contribution is 2.34. The molecule has 1 saturated heterocycles. The molecular formula is C14H17F3N2O. The molecule has 2 rings (SSSR count). The number of likely N-dealkylation sites (tertiary alicyclic amines) is 1. The van der Waals surface area contributed by atoms with Crippen LogP contribution in [-0.4, -0.2) is 29.9 Å². The molecule has 2 N–H and O–H groups in total. The van der Waals surface area contributed by atoms with E-state index in [4.69, 9.17) is 5.73 Å². The van der Waals surface area contributed by atoms with Crippen molar-refractivity contribution in [3.05, 3.63) is 35.6 Å². The van der Waals surface area contributed by atoms with Crippen LogP contribution < -0.4 is 5.73 Å². The third-order valence-electron chi connectivity index (χ3n) is 3.73. The number of halogens is 3. The van der Waals surface area contributed by atoms with Gasteiger partial charge in [-0.2, -0.15) is 8.78 Å². The van der Waals surface area contributed by atoms with E-state index in [1.54, 1.807) is 6.92 Å². The van der Waals surface area contributed by atoms with Gasteiger partial charge in [-0.3, -0.25) is 4.79 Å². The highest BCUT2D eigenvalue weighted by Gasteiger charge is 2.47. The fourth-order valence-electron chi connectivity index (χ4n) is 2.56. The number of nitrogens with zero attached hydrogens (tertiary/aromatic N) is 1. The monoisotopic (exact) mass is 286 g/mol. The molecule has 20 heavy (non-hydrogen) atoms. The summed E-state index contributed by atoms with van der Waals surface area (Å²) >= 11 is 0. The van der Waals surface area contributed by atoms with Gasteiger partial charge in [0.15, 0.2) is 0 Å². The van der Waals surface area contributed by atoms with Crippen LogP contribution in [0.2, 0.25) is 0 Å². The number of rotatable bonds is 3. The van der Waals surface area contributed by atoms with Gasteiger partial charge in [0.05, 0.1) is 0 Å². The minimum atomic E-state index is -3.65. The molecule has 1 aliphatic heterocycles. The highest BCUT2D eigenvalue weighted by atomic mass is 19.3. The maximum atomic E-state index is 14.2. The second kappa shape index (κ2) is 5.44. The lowest BCUT2D eigenvalue weighted by Crippen LogP contribution is -2.44. The second-order valence-electron chi connectivity index (χ2n) is 5.23. The third-order valence-corrected chi connectivity index (χ3v) is 3.73. The quantitative estimate of drug-likeness (QED) is 0.925. The lowest BCUT2D eigenvalue weighted by molar-refractivity contribution is -0.159. The van der Waals surface area contributed by atoms with Crippen LogP contribution in [0.5, 0.6) is 0 Å². The average molecular weight is 286 g/mol. The van der Waals surface area contributed by atoms with Crippen molar-refractivity contribution < 1.29 is 18.0 Å². The third kappa shape index (κ3) is 2.65. The maximum absolute atomic E-state index is 14.2. The van der Waals surface area contributed by atoms with Gasteiger partial charge in [-0.05, 0) is 50.1 Å². The van der Waals surface area contributed by atoms with Crippen molar-refractivity contribution in [1.82, 2.24) is 4.90 Å². The number of carbonyl (C=O) groups excluding carboxylic acids is 1. The summed E-state index contributed by atoms with van der Waals surface area (Å²) in [6.45, 7) is 2.35. The number of amides is 1. The van der Waals surface area contributed by atoms with E-state index in [1.165, 1.54) is 4.90 Å². The summed E-state index contributed by atoms with van der Waals surface area (Å²) in [5.74, 6) is -5.45. The van der Waals surface area contributed by atoms with Crippen LogP contribution in [0, 0.1) is 11.7 Å². The van der Waals surface area contributed by atoms with Crippen molar-refractivity contribution in [2.75, 3.05) is 13.1 Å². The Bertz CT molecular complexity index is 490. The van der Waals surface area contributed by atoms with Gasteiger partial charge in [-0.1, -0.05) is 0 Å². The Morgan fingerprint density at radius 3 is 2.50 bits per heavy atom. The zero-order valence-electron chi connectivity index (χ0n) is 11.2. The summed E-state index contributed by atoms with van der Waals surface area (Å²) in [6.07, 6.45) is 0.627. The van der Waals surface area contributed by atoms with Crippen LogP contribution in [0.25, 0.3) is 0 Å². The fraction of sp³-hybridized carbons (Fsp3) is 0.500. The van der Waals surface area contributed by atoms with Crippen LogP contribution in [0.15, 0.2) is 24.3 Å². The molecule has 0 bridgehead atoms. The van der Waals surface area contributed by atoms with Gasteiger partial charge in [0.2, 0.25) is 0 Å². The zero-order valence-corrected chi connectivity index (χ0v) is 11.2. The molecule has 1 aromatic rings. The fourth-order valence-corrected chi connectivity index (χ4v) is 2.56. The number of benzene rings is 1. The lowest BCUT2D eigenvalue weighted by atomic mass is 10.1. The predicted octanol–water partition coefficient (Wildman–Crippen LogP) is 2.11. The van der Waals surface area contributed by atoms with E-state index in [-0.39, 0.29) is 18.5 Å². The molecule has 6 heteroatoms. The first-order valence-electron chi connectivity index (χ1n) is 6.51.